The molecule has 1 aromatic rings. The van der Waals surface area contributed by atoms with Crippen molar-refractivity contribution in [2.24, 2.45) is 0 Å². The van der Waals surface area contributed by atoms with Gasteiger partial charge >= 0.3 is 0 Å². The van der Waals surface area contributed by atoms with Crippen LogP contribution in [0.2, 0.25) is 0 Å². The number of hydrogen-bond donors (Lipinski definition) is 2. The van der Waals surface area contributed by atoms with Crippen LogP contribution >= 0.6 is 0 Å². The molecule has 0 aliphatic carbocycles. The van der Waals surface area contributed by atoms with Crippen molar-refractivity contribution in [3.8, 4) is 0 Å². The molecule has 1 heterocycles. The molecule has 1 aliphatic heterocycles. The number of nitrogen functional groups attached to an aromatic ring is 1. The maximum atomic E-state index is 12.2. The van der Waals surface area contributed by atoms with Gasteiger partial charge in [-0.15, -0.1) is 0 Å². The van der Waals surface area contributed by atoms with Crippen LogP contribution in [-0.2, 0) is 11.3 Å². The molecule has 1 aromatic carbocycles. The van der Waals surface area contributed by atoms with Crippen LogP contribution in [0.1, 0.15) is 31.7 Å². The summed E-state index contributed by atoms with van der Waals surface area (Å²) in [5, 5.41) is 3.27. The molecule has 1 unspecified atom stereocenters. The molecule has 2 rings (SSSR count). The van der Waals surface area contributed by atoms with Crippen molar-refractivity contribution in [2.45, 2.75) is 38.8 Å². The molecule has 0 spiro atoms. The highest BCUT2D eigenvalue weighted by molar-refractivity contribution is 5.81. The van der Waals surface area contributed by atoms with E-state index in [-0.39, 0.29) is 11.9 Å². The maximum Gasteiger partial charge on any atom is 0.239 e. The molecule has 1 amide bonds. The summed E-state index contributed by atoms with van der Waals surface area (Å²) in [4.78, 5) is 14.2. The first kappa shape index (κ1) is 13.9. The van der Waals surface area contributed by atoms with E-state index in [0.717, 1.165) is 37.2 Å². The Kier molecular flexibility index (Phi) is 4.80. The molecule has 0 bridgehead atoms. The third-order valence-corrected chi connectivity index (χ3v) is 3.69. The number of benzene rings is 1. The molecule has 0 radical (unpaired) electrons. The van der Waals surface area contributed by atoms with Gasteiger partial charge in [0.25, 0.3) is 0 Å². The van der Waals surface area contributed by atoms with Crippen LogP contribution in [0.25, 0.3) is 0 Å². The molecule has 1 saturated heterocycles. The zero-order valence-electron chi connectivity index (χ0n) is 11.6. The fourth-order valence-electron chi connectivity index (χ4n) is 2.43. The second kappa shape index (κ2) is 6.57. The van der Waals surface area contributed by atoms with Crippen molar-refractivity contribution in [2.75, 3.05) is 18.8 Å². The SMILES string of the molecule is CC(NCc1ccccc1N)C(=O)N1CCCCC1. The number of nitrogens with zero attached hydrogens (tertiary/aromatic N) is 1. The molecule has 0 saturated carbocycles. The number of carbonyl (C=O) groups is 1. The predicted octanol–water partition coefficient (Wildman–Crippen LogP) is 1.76. The monoisotopic (exact) mass is 261 g/mol. The Morgan fingerprint density at radius 2 is 2.00 bits per heavy atom. The second-order valence-corrected chi connectivity index (χ2v) is 5.19. The van der Waals surface area contributed by atoms with Crippen molar-refractivity contribution in [1.29, 1.82) is 0 Å². The number of carbonyl (C=O) groups excluding carboxylic acids is 1. The first-order valence-corrected chi connectivity index (χ1v) is 7.04. The lowest BCUT2D eigenvalue weighted by Crippen LogP contribution is -2.46. The number of rotatable bonds is 4. The van der Waals surface area contributed by atoms with Crippen LogP contribution in [0.4, 0.5) is 5.69 Å². The van der Waals surface area contributed by atoms with Crippen molar-refractivity contribution in [3.05, 3.63) is 29.8 Å². The molecule has 1 atom stereocenters. The standard InChI is InChI=1S/C15H23N3O/c1-12(15(19)18-9-5-2-6-10-18)17-11-13-7-3-4-8-14(13)16/h3-4,7-8,12,17H,2,5-6,9-11,16H2,1H3. The molecule has 0 aromatic heterocycles. The summed E-state index contributed by atoms with van der Waals surface area (Å²) in [7, 11) is 0. The number of para-hydroxylation sites is 1. The third-order valence-electron chi connectivity index (χ3n) is 3.69. The van der Waals surface area contributed by atoms with Gasteiger partial charge in [-0.3, -0.25) is 4.79 Å². The predicted molar refractivity (Wildman–Crippen MR) is 77.6 cm³/mol. The number of nitrogens with two attached hydrogens (primary N) is 1. The van der Waals surface area contributed by atoms with Gasteiger partial charge in [-0.05, 0) is 37.8 Å². The van der Waals surface area contributed by atoms with Crippen LogP contribution in [-0.4, -0.2) is 29.9 Å². The van der Waals surface area contributed by atoms with Gasteiger partial charge in [-0.25, -0.2) is 0 Å². The Labute approximate surface area is 115 Å². The fraction of sp³-hybridized carbons (Fsp3) is 0.533. The van der Waals surface area contributed by atoms with Gasteiger partial charge in [0.2, 0.25) is 5.91 Å². The van der Waals surface area contributed by atoms with E-state index >= 15 is 0 Å². The van der Waals surface area contributed by atoms with Gasteiger partial charge in [-0.2, -0.15) is 0 Å². The third kappa shape index (κ3) is 3.70. The van der Waals surface area contributed by atoms with Crippen LogP contribution in [0.3, 0.4) is 0 Å². The lowest BCUT2D eigenvalue weighted by Gasteiger charge is -2.29. The van der Waals surface area contributed by atoms with Gasteiger partial charge < -0.3 is 16.0 Å². The summed E-state index contributed by atoms with van der Waals surface area (Å²) >= 11 is 0. The van der Waals surface area contributed by atoms with E-state index in [2.05, 4.69) is 5.32 Å². The topological polar surface area (TPSA) is 58.4 Å². The Hall–Kier alpha value is -1.55. The van der Waals surface area contributed by atoms with E-state index in [1.165, 1.54) is 6.42 Å². The minimum absolute atomic E-state index is 0.155. The summed E-state index contributed by atoms with van der Waals surface area (Å²) in [6.07, 6.45) is 3.50. The van der Waals surface area contributed by atoms with Gasteiger partial charge in [0.05, 0.1) is 6.04 Å². The summed E-state index contributed by atoms with van der Waals surface area (Å²) in [6.45, 7) is 4.36. The van der Waals surface area contributed by atoms with Crippen molar-refractivity contribution in [1.82, 2.24) is 10.2 Å². The quantitative estimate of drug-likeness (QED) is 0.812. The smallest absolute Gasteiger partial charge is 0.239 e. The molecule has 104 valence electrons. The average Bonchev–Trinajstić information content (AvgIpc) is 2.46. The summed E-state index contributed by atoms with van der Waals surface area (Å²) in [5.74, 6) is 0.203. The minimum Gasteiger partial charge on any atom is -0.398 e. The average molecular weight is 261 g/mol. The van der Waals surface area contributed by atoms with E-state index in [4.69, 9.17) is 5.73 Å². The Morgan fingerprint density at radius 3 is 2.68 bits per heavy atom. The zero-order valence-corrected chi connectivity index (χ0v) is 11.6. The van der Waals surface area contributed by atoms with Gasteiger partial charge in [0, 0.05) is 25.3 Å². The molecule has 1 fully saturated rings. The van der Waals surface area contributed by atoms with E-state index in [1.807, 2.05) is 36.1 Å². The highest BCUT2D eigenvalue weighted by Crippen LogP contribution is 2.12. The summed E-state index contributed by atoms with van der Waals surface area (Å²) in [5.41, 5.74) is 7.70. The number of nitrogens with one attached hydrogen (secondary N) is 1. The molecule has 3 N–H and O–H groups in total. The molecule has 1 aliphatic rings. The van der Waals surface area contributed by atoms with Gasteiger partial charge in [-0.1, -0.05) is 18.2 Å². The molecular weight excluding hydrogens is 238 g/mol. The lowest BCUT2D eigenvalue weighted by atomic mass is 10.1. The van der Waals surface area contributed by atoms with Crippen molar-refractivity contribution < 1.29 is 4.79 Å². The van der Waals surface area contributed by atoms with Crippen LogP contribution in [0.15, 0.2) is 24.3 Å². The molecule has 4 nitrogen and oxygen atoms in total. The highest BCUT2D eigenvalue weighted by Gasteiger charge is 2.21. The largest absolute Gasteiger partial charge is 0.398 e. The first-order valence-electron chi connectivity index (χ1n) is 7.04. The zero-order chi connectivity index (χ0) is 13.7. The number of likely N-dealkylation sites (tertiary alicyclic amines) is 1. The molecule has 19 heavy (non-hydrogen) atoms. The van der Waals surface area contributed by atoms with E-state index in [1.54, 1.807) is 0 Å². The lowest BCUT2D eigenvalue weighted by molar-refractivity contribution is -0.133. The Bertz CT molecular complexity index is 427. The number of hydrogen-bond acceptors (Lipinski definition) is 3. The van der Waals surface area contributed by atoms with E-state index in [0.29, 0.717) is 6.54 Å². The van der Waals surface area contributed by atoms with E-state index in [9.17, 15) is 4.79 Å². The summed E-state index contributed by atoms with van der Waals surface area (Å²) in [6, 6.07) is 7.60. The van der Waals surface area contributed by atoms with Gasteiger partial charge in [0.15, 0.2) is 0 Å². The maximum absolute atomic E-state index is 12.2. The Morgan fingerprint density at radius 1 is 1.32 bits per heavy atom. The van der Waals surface area contributed by atoms with Crippen molar-refractivity contribution in [3.63, 3.8) is 0 Å². The summed E-state index contributed by atoms with van der Waals surface area (Å²) < 4.78 is 0. The molecule has 4 heteroatoms. The number of amides is 1. The normalized spacial score (nSPS) is 17.2. The first-order chi connectivity index (χ1) is 9.18. The van der Waals surface area contributed by atoms with Crippen LogP contribution in [0.5, 0.6) is 0 Å². The second-order valence-electron chi connectivity index (χ2n) is 5.19. The minimum atomic E-state index is -0.155. The molecular formula is C15H23N3O. The van der Waals surface area contributed by atoms with Crippen LogP contribution in [0, 0.1) is 0 Å². The number of anilines is 1. The van der Waals surface area contributed by atoms with E-state index < -0.39 is 0 Å². The van der Waals surface area contributed by atoms with Crippen molar-refractivity contribution >= 4 is 11.6 Å². The van der Waals surface area contributed by atoms with Gasteiger partial charge in [0.1, 0.15) is 0 Å². The van der Waals surface area contributed by atoms with Crippen LogP contribution < -0.4 is 11.1 Å². The number of piperidine rings is 1. The fourth-order valence-corrected chi connectivity index (χ4v) is 2.43. The Balaban J connectivity index is 1.85. The highest BCUT2D eigenvalue weighted by atomic mass is 16.2.